The Morgan fingerprint density at radius 3 is 2.43 bits per heavy atom. The Kier molecular flexibility index (Phi) is 11.3. The predicted octanol–water partition coefficient (Wildman–Crippen LogP) is 1.51. The zero-order valence-corrected chi connectivity index (χ0v) is 25.2. The van der Waals surface area contributed by atoms with Crippen molar-refractivity contribution in [1.29, 1.82) is 0 Å². The summed E-state index contributed by atoms with van der Waals surface area (Å²) >= 11 is -0.914. The van der Waals surface area contributed by atoms with Gasteiger partial charge in [0, 0.05) is 5.56 Å². The van der Waals surface area contributed by atoms with Crippen LogP contribution in [0.25, 0.3) is 0 Å². The summed E-state index contributed by atoms with van der Waals surface area (Å²) in [6.45, 7) is 3.95. The van der Waals surface area contributed by atoms with Gasteiger partial charge in [0.05, 0.1) is 0 Å². The Bertz CT molecular complexity index is 1180. The number of nitrogens with one attached hydrogen (secondary N) is 1. The van der Waals surface area contributed by atoms with Crippen LogP contribution in [0.15, 0.2) is 51.5 Å². The number of halogens is 2. The molecule has 2 aromatic carbocycles. The van der Waals surface area contributed by atoms with Crippen molar-refractivity contribution in [2.24, 2.45) is 0 Å². The van der Waals surface area contributed by atoms with Gasteiger partial charge in [0.25, 0.3) is 0 Å². The van der Waals surface area contributed by atoms with Crippen LogP contribution in [-0.2, 0) is 28.7 Å². The molecule has 1 heterocycles. The van der Waals surface area contributed by atoms with E-state index in [0.717, 1.165) is 15.6 Å². The normalized spacial score (nSPS) is 15.9. The van der Waals surface area contributed by atoms with E-state index in [1.54, 1.807) is 36.9 Å². The third-order valence-corrected chi connectivity index (χ3v) is 15.6. The molecule has 35 heavy (non-hydrogen) atoms. The molecule has 3 atom stereocenters. The van der Waals surface area contributed by atoms with Crippen LogP contribution in [0.1, 0.15) is 52.1 Å². The van der Waals surface area contributed by atoms with E-state index in [1.165, 1.54) is 6.42 Å². The molecule has 0 radical (unpaired) electrons. The fourth-order valence-electron chi connectivity index (χ4n) is 3.29. The first-order valence-corrected chi connectivity index (χ1v) is 17.4. The molecule has 0 spiro atoms. The van der Waals surface area contributed by atoms with E-state index in [0.29, 0.717) is 30.1 Å². The van der Waals surface area contributed by atoms with E-state index in [-0.39, 0.29) is 47.9 Å². The number of thioether (sulfide) groups is 1. The molecule has 1 aliphatic rings. The van der Waals surface area contributed by atoms with Gasteiger partial charge in [-0.1, -0.05) is 0 Å². The van der Waals surface area contributed by atoms with Crippen LogP contribution >= 0.6 is 32.5 Å². The monoisotopic (exact) mass is 738 g/mol. The molecule has 3 unspecified atom stereocenters. The summed E-state index contributed by atoms with van der Waals surface area (Å²) in [7, 11) is 0. The van der Waals surface area contributed by atoms with Crippen LogP contribution < -0.4 is 26.5 Å². The van der Waals surface area contributed by atoms with Crippen LogP contribution in [0.2, 0.25) is 0 Å². The number of hydrogen-bond acceptors (Lipinski definition) is 5. The zero-order chi connectivity index (χ0) is 25.4. The molecule has 0 saturated heterocycles. The maximum absolute atomic E-state index is 13.0. The second-order valence-corrected chi connectivity index (χ2v) is 18.3. The number of carbonyl (C=O) groups is 3. The van der Waals surface area contributed by atoms with E-state index >= 15 is 0 Å². The van der Waals surface area contributed by atoms with Gasteiger partial charge in [-0.3, -0.25) is 9.59 Å². The van der Waals surface area contributed by atoms with Crippen molar-refractivity contribution in [1.82, 2.24) is 5.32 Å². The number of hydrogen-bond donors (Lipinski definition) is 2. The zero-order valence-electron chi connectivity index (χ0n) is 19.2. The molecule has 3 rings (SSSR count). The molecule has 1 amide bonds. The Morgan fingerprint density at radius 2 is 1.83 bits per heavy atom. The van der Waals surface area contributed by atoms with Crippen LogP contribution in [0.3, 0.4) is 0 Å². The standard InChI is InChI=1S/C25H26I2NO5S2/c1-3-21-15-34-25(27-21)23(11-17-5-8-22(9-6-17)26-16(2)35(32)33)28-24(31)12-18-4-7-19(13-29)20(10-18)14-30/h4-10,13-16,23H,3,11-12H2,1-2H3,(H,28,31)(H,32,33)/q-1. The molecule has 1 aliphatic heterocycles. The van der Waals surface area contributed by atoms with E-state index < -0.39 is 32.3 Å². The second-order valence-electron chi connectivity index (χ2n) is 7.69. The summed E-state index contributed by atoms with van der Waals surface area (Å²) in [4.78, 5) is 35.3. The van der Waals surface area contributed by atoms with Crippen LogP contribution in [0.4, 0.5) is 0 Å². The molecule has 2 aromatic rings. The van der Waals surface area contributed by atoms with E-state index in [4.69, 9.17) is 0 Å². The van der Waals surface area contributed by atoms with Gasteiger partial charge >= 0.3 is 207 Å². The summed E-state index contributed by atoms with van der Waals surface area (Å²) in [5.41, 5.74) is 2.38. The molecule has 0 bridgehead atoms. The van der Waals surface area contributed by atoms with Crippen molar-refractivity contribution in [2.75, 3.05) is 0 Å². The fourth-order valence-corrected chi connectivity index (χ4v) is 11.3. The van der Waals surface area contributed by atoms with Crippen LogP contribution in [-0.4, -0.2) is 39.4 Å². The first-order chi connectivity index (χ1) is 16.8. The van der Waals surface area contributed by atoms with Gasteiger partial charge in [0.2, 0.25) is 0 Å². The van der Waals surface area contributed by atoms with Crippen molar-refractivity contribution in [3.8, 4) is 0 Å². The summed E-state index contributed by atoms with van der Waals surface area (Å²) in [5.74, 6) is -0.130. The van der Waals surface area contributed by atoms with Crippen molar-refractivity contribution in [3.05, 3.63) is 77.3 Å². The number of allylic oxidation sites excluding steroid dienone is 1. The van der Waals surface area contributed by atoms with Gasteiger partial charge in [0.1, 0.15) is 0 Å². The van der Waals surface area contributed by atoms with Gasteiger partial charge in [-0.25, -0.2) is 0 Å². The third-order valence-electron chi connectivity index (χ3n) is 5.14. The number of amides is 1. The number of aldehydes is 2. The molecule has 6 nitrogen and oxygen atoms in total. The first kappa shape index (κ1) is 28.4. The molecule has 10 heteroatoms. The number of benzene rings is 2. The molecule has 0 fully saturated rings. The Balaban J connectivity index is 1.73. The minimum atomic E-state index is -1.80. The van der Waals surface area contributed by atoms with Gasteiger partial charge in [-0.05, 0) is 0 Å². The van der Waals surface area contributed by atoms with Crippen molar-refractivity contribution < 1.29 is 44.4 Å². The van der Waals surface area contributed by atoms with Gasteiger partial charge in [0.15, 0.2) is 12.6 Å². The Labute approximate surface area is 232 Å². The van der Waals surface area contributed by atoms with Gasteiger partial charge in [-0.15, -0.1) is 0 Å². The molecule has 0 aliphatic carbocycles. The van der Waals surface area contributed by atoms with Gasteiger partial charge < -0.3 is 0 Å². The average molecular weight is 738 g/mol. The van der Waals surface area contributed by atoms with Crippen molar-refractivity contribution in [3.63, 3.8) is 0 Å². The maximum atomic E-state index is 13.0. The second kappa shape index (κ2) is 13.9. The molecule has 0 aromatic heterocycles. The van der Waals surface area contributed by atoms with E-state index in [2.05, 4.69) is 17.6 Å². The quantitative estimate of drug-likeness (QED) is 0.148. The summed E-state index contributed by atoms with van der Waals surface area (Å²) in [6, 6.07) is 12.9. The first-order valence-electron chi connectivity index (χ1n) is 10.8. The predicted molar refractivity (Wildman–Crippen MR) is 147 cm³/mol. The van der Waals surface area contributed by atoms with Crippen LogP contribution in [0, 0.1) is 3.57 Å². The summed E-state index contributed by atoms with van der Waals surface area (Å²) < 4.78 is 24.2. The summed E-state index contributed by atoms with van der Waals surface area (Å²) in [5, 5.41) is 5.41. The minimum absolute atomic E-state index is 0.107. The van der Waals surface area contributed by atoms with E-state index in [1.807, 2.05) is 24.3 Å². The van der Waals surface area contributed by atoms with E-state index in [9.17, 15) is 23.1 Å². The molecule has 0 saturated carbocycles. The molecule has 2 N–H and O–H groups in total. The molecular weight excluding hydrogens is 712 g/mol. The Morgan fingerprint density at radius 1 is 1.14 bits per heavy atom. The molecular formula is C25H26I2NO5S2-. The van der Waals surface area contributed by atoms with Crippen molar-refractivity contribution in [2.45, 2.75) is 42.4 Å². The number of rotatable bonds is 12. The van der Waals surface area contributed by atoms with Gasteiger partial charge in [-0.2, -0.15) is 0 Å². The van der Waals surface area contributed by atoms with Crippen LogP contribution in [0.5, 0.6) is 0 Å². The van der Waals surface area contributed by atoms with Crippen molar-refractivity contribution >= 4 is 64.9 Å². The average Bonchev–Trinajstić information content (AvgIpc) is 3.34. The fraction of sp³-hybridized carbons (Fsp3) is 0.280. The summed E-state index contributed by atoms with van der Waals surface area (Å²) in [6.07, 6.45) is 3.08. The SMILES string of the molecule is CCC1=CSC(C(Cc2ccc([I-]C(C)S(=O)O)cc2)NC(=O)Cc2ccc(C=O)c(C=O)c2)=I1. The Hall–Kier alpha value is -1.22. The molecule has 188 valence electrons. The topological polar surface area (TPSA) is 101 Å². The third kappa shape index (κ3) is 8.41. The number of alkyl halides is 1. The number of carbonyl (C=O) groups excluding carboxylic acids is 3.